The number of aromatic nitrogens is 2. The van der Waals surface area contributed by atoms with E-state index < -0.39 is 25.2 Å². The average molecular weight is 388 g/mol. The van der Waals surface area contributed by atoms with Crippen molar-refractivity contribution in [1.82, 2.24) is 9.55 Å². The fourth-order valence-electron chi connectivity index (χ4n) is 2.79. The van der Waals surface area contributed by atoms with Gasteiger partial charge in [0, 0.05) is 5.56 Å². The van der Waals surface area contributed by atoms with Crippen LogP contribution in [0.1, 0.15) is 42.7 Å². The van der Waals surface area contributed by atoms with Crippen LogP contribution in [0.2, 0.25) is 0 Å². The highest BCUT2D eigenvalue weighted by Gasteiger charge is 2.24. The topological polar surface area (TPSA) is 70.4 Å². The zero-order chi connectivity index (χ0) is 20.3. The molecule has 3 aromatic rings. The van der Waals surface area contributed by atoms with Crippen molar-refractivity contribution in [1.29, 1.82) is 0 Å². The first-order valence-electron chi connectivity index (χ1n) is 8.55. The van der Waals surface area contributed by atoms with Gasteiger partial charge in [-0.05, 0) is 38.1 Å². The summed E-state index contributed by atoms with van der Waals surface area (Å²) < 4.78 is 38.3. The van der Waals surface area contributed by atoms with E-state index in [-0.39, 0.29) is 17.1 Å². The number of Topliss-reactive ketones (excluding diaryl/α,β-unsaturated/α-hetero) is 1. The molecular formula is C20H18F2N2O4. The van der Waals surface area contributed by atoms with Crippen LogP contribution in [0.4, 0.5) is 8.78 Å². The minimum absolute atomic E-state index is 0.0527. The van der Waals surface area contributed by atoms with Gasteiger partial charge >= 0.3 is 12.5 Å². The van der Waals surface area contributed by atoms with Crippen molar-refractivity contribution in [2.45, 2.75) is 26.5 Å². The maximum atomic E-state index is 13.5. The molecule has 1 unspecified atom stereocenters. The number of halogens is 2. The van der Waals surface area contributed by atoms with Gasteiger partial charge in [0.1, 0.15) is 5.75 Å². The first-order chi connectivity index (χ1) is 13.4. The summed E-state index contributed by atoms with van der Waals surface area (Å²) in [5, 5.41) is 0. The van der Waals surface area contributed by atoms with Crippen LogP contribution in [-0.4, -0.2) is 27.9 Å². The number of alkyl halides is 2. The number of imidazole rings is 1. The fraction of sp³-hybridized carbons (Fsp3) is 0.250. The molecular weight excluding hydrogens is 370 g/mol. The number of carbonyl (C=O) groups excluding carboxylic acids is 2. The molecule has 0 fully saturated rings. The van der Waals surface area contributed by atoms with E-state index in [1.807, 2.05) is 0 Å². The minimum atomic E-state index is -2.82. The Morgan fingerprint density at radius 3 is 2.61 bits per heavy atom. The third kappa shape index (κ3) is 4.16. The van der Waals surface area contributed by atoms with Crippen LogP contribution < -0.4 is 4.74 Å². The van der Waals surface area contributed by atoms with Gasteiger partial charge in [0.2, 0.25) is 0 Å². The van der Waals surface area contributed by atoms with Crippen LogP contribution in [0.25, 0.3) is 11.0 Å². The van der Waals surface area contributed by atoms with E-state index in [1.54, 1.807) is 36.4 Å². The molecule has 0 radical (unpaired) electrons. The number of ketones is 1. The second-order valence-electron chi connectivity index (χ2n) is 6.11. The summed E-state index contributed by atoms with van der Waals surface area (Å²) in [4.78, 5) is 27.6. The second kappa shape index (κ2) is 8.16. The van der Waals surface area contributed by atoms with Gasteiger partial charge in [-0.3, -0.25) is 9.36 Å². The zero-order valence-corrected chi connectivity index (χ0v) is 15.3. The van der Waals surface area contributed by atoms with Crippen LogP contribution in [0, 0.1) is 0 Å². The minimum Gasteiger partial charge on any atom is -0.482 e. The number of benzene rings is 2. The standard InChI is InChI=1S/C20H18F2N2O4/c1-12(25)14-6-5-7-15(10-14)27-11-18(26)28-13(2)19-23-16-8-3-4-9-17(16)24(19)20(21)22/h3-10,13,20H,11H2,1-2H3. The van der Waals surface area contributed by atoms with E-state index in [9.17, 15) is 18.4 Å². The van der Waals surface area contributed by atoms with Gasteiger partial charge in [-0.1, -0.05) is 24.3 Å². The number of para-hydroxylation sites is 2. The van der Waals surface area contributed by atoms with Crippen molar-refractivity contribution in [3.05, 3.63) is 59.9 Å². The summed E-state index contributed by atoms with van der Waals surface area (Å²) in [6, 6.07) is 12.8. The lowest BCUT2D eigenvalue weighted by molar-refractivity contribution is -0.151. The molecule has 2 aromatic carbocycles. The van der Waals surface area contributed by atoms with Gasteiger partial charge in [0.15, 0.2) is 24.3 Å². The molecule has 1 aromatic heterocycles. The lowest BCUT2D eigenvalue weighted by atomic mass is 10.1. The number of ether oxygens (including phenoxy) is 2. The Labute approximate surface area is 159 Å². The van der Waals surface area contributed by atoms with Crippen LogP contribution >= 0.6 is 0 Å². The van der Waals surface area contributed by atoms with Crippen molar-refractivity contribution < 1.29 is 27.8 Å². The molecule has 0 aliphatic carbocycles. The van der Waals surface area contributed by atoms with Crippen molar-refractivity contribution in [3.63, 3.8) is 0 Å². The van der Waals surface area contributed by atoms with Crippen molar-refractivity contribution in [2.24, 2.45) is 0 Å². The molecule has 0 aliphatic heterocycles. The molecule has 8 heteroatoms. The Balaban J connectivity index is 1.69. The largest absolute Gasteiger partial charge is 0.482 e. The molecule has 1 atom stereocenters. The Kier molecular flexibility index (Phi) is 5.67. The molecule has 146 valence electrons. The molecule has 1 heterocycles. The fourth-order valence-corrected chi connectivity index (χ4v) is 2.79. The Bertz CT molecular complexity index is 1020. The first kappa shape index (κ1) is 19.5. The Morgan fingerprint density at radius 2 is 1.89 bits per heavy atom. The van der Waals surface area contributed by atoms with Gasteiger partial charge in [0.05, 0.1) is 11.0 Å². The summed E-state index contributed by atoms with van der Waals surface area (Å²) in [6.45, 7) is -0.367. The van der Waals surface area contributed by atoms with E-state index in [0.717, 1.165) is 4.57 Å². The number of nitrogens with zero attached hydrogens (tertiary/aromatic N) is 2. The first-order valence-corrected chi connectivity index (χ1v) is 8.55. The monoisotopic (exact) mass is 388 g/mol. The lowest BCUT2D eigenvalue weighted by Gasteiger charge is -2.15. The highest BCUT2D eigenvalue weighted by Crippen LogP contribution is 2.28. The van der Waals surface area contributed by atoms with Crippen molar-refractivity contribution in [3.8, 4) is 5.75 Å². The molecule has 0 N–H and O–H groups in total. The van der Waals surface area contributed by atoms with Gasteiger partial charge < -0.3 is 9.47 Å². The zero-order valence-electron chi connectivity index (χ0n) is 15.3. The lowest BCUT2D eigenvalue weighted by Crippen LogP contribution is -2.19. The number of carbonyl (C=O) groups is 2. The molecule has 0 aliphatic rings. The highest BCUT2D eigenvalue weighted by molar-refractivity contribution is 5.94. The van der Waals surface area contributed by atoms with E-state index in [0.29, 0.717) is 16.8 Å². The summed E-state index contributed by atoms with van der Waals surface area (Å²) in [5.41, 5.74) is 1.09. The highest BCUT2D eigenvalue weighted by atomic mass is 19.3. The SMILES string of the molecule is CC(=O)c1cccc(OCC(=O)OC(C)c2nc3ccccc3n2C(F)F)c1. The molecule has 0 saturated carbocycles. The van der Waals surface area contributed by atoms with Gasteiger partial charge in [0.25, 0.3) is 0 Å². The number of hydrogen-bond donors (Lipinski definition) is 0. The number of esters is 1. The molecule has 0 spiro atoms. The maximum absolute atomic E-state index is 13.5. The van der Waals surface area contributed by atoms with E-state index >= 15 is 0 Å². The second-order valence-corrected chi connectivity index (χ2v) is 6.11. The maximum Gasteiger partial charge on any atom is 0.344 e. The molecule has 6 nitrogen and oxygen atoms in total. The molecule has 28 heavy (non-hydrogen) atoms. The van der Waals surface area contributed by atoms with Gasteiger partial charge in [-0.15, -0.1) is 0 Å². The van der Waals surface area contributed by atoms with E-state index in [1.165, 1.54) is 26.0 Å². The summed E-state index contributed by atoms with van der Waals surface area (Å²) in [7, 11) is 0. The van der Waals surface area contributed by atoms with Crippen molar-refractivity contribution in [2.75, 3.05) is 6.61 Å². The van der Waals surface area contributed by atoms with Crippen molar-refractivity contribution >= 4 is 22.8 Å². The third-order valence-corrected chi connectivity index (χ3v) is 4.09. The quantitative estimate of drug-likeness (QED) is 0.445. The van der Waals surface area contributed by atoms with E-state index in [2.05, 4.69) is 4.98 Å². The third-order valence-electron chi connectivity index (χ3n) is 4.09. The predicted octanol–water partition coefficient (Wildman–Crippen LogP) is 4.32. The molecule has 3 rings (SSSR count). The smallest absolute Gasteiger partial charge is 0.344 e. The van der Waals surface area contributed by atoms with Crippen LogP contribution in [0.15, 0.2) is 48.5 Å². The summed E-state index contributed by atoms with van der Waals surface area (Å²) >= 11 is 0. The predicted molar refractivity (Wildman–Crippen MR) is 97.4 cm³/mol. The van der Waals surface area contributed by atoms with Crippen LogP contribution in [-0.2, 0) is 9.53 Å². The normalized spacial score (nSPS) is 12.2. The van der Waals surface area contributed by atoms with Crippen LogP contribution in [0.5, 0.6) is 5.75 Å². The number of hydrogen-bond acceptors (Lipinski definition) is 5. The summed E-state index contributed by atoms with van der Waals surface area (Å²) in [5.74, 6) is -0.596. The number of fused-ring (bicyclic) bond motifs is 1. The van der Waals surface area contributed by atoms with Gasteiger partial charge in [-0.2, -0.15) is 8.78 Å². The number of rotatable bonds is 7. The summed E-state index contributed by atoms with van der Waals surface area (Å²) in [6.07, 6.45) is -0.999. The molecule has 0 bridgehead atoms. The van der Waals surface area contributed by atoms with Gasteiger partial charge in [-0.25, -0.2) is 9.78 Å². The molecule has 0 saturated heterocycles. The average Bonchev–Trinajstić information content (AvgIpc) is 3.06. The van der Waals surface area contributed by atoms with Crippen LogP contribution in [0.3, 0.4) is 0 Å². The molecule has 0 amide bonds. The Hall–Kier alpha value is -3.29. The Morgan fingerprint density at radius 1 is 1.14 bits per heavy atom. The van der Waals surface area contributed by atoms with E-state index in [4.69, 9.17) is 9.47 Å².